The molecule has 0 aromatic heterocycles. The molecule has 0 heterocycles. The Labute approximate surface area is 108 Å². The van der Waals surface area contributed by atoms with E-state index in [4.69, 9.17) is 0 Å². The van der Waals surface area contributed by atoms with Gasteiger partial charge in [0.1, 0.15) is 11.6 Å². The van der Waals surface area contributed by atoms with Crippen LogP contribution in [0.15, 0.2) is 16.6 Å². The molecule has 0 aliphatic rings. The maximum atomic E-state index is 13.5. The Kier molecular flexibility index (Phi) is 4.49. The van der Waals surface area contributed by atoms with Gasteiger partial charge in [0, 0.05) is 12.6 Å². The summed E-state index contributed by atoms with van der Waals surface area (Å²) in [6.07, 6.45) is 0. The predicted octanol–water partition coefficient (Wildman–Crippen LogP) is 3.55. The highest BCUT2D eigenvalue weighted by Crippen LogP contribution is 2.24. The van der Waals surface area contributed by atoms with Crippen LogP contribution in [-0.2, 0) is 0 Å². The zero-order chi connectivity index (χ0) is 13.2. The molecule has 0 fully saturated rings. The third-order valence-corrected chi connectivity index (χ3v) is 3.50. The minimum absolute atomic E-state index is 0.0124. The lowest BCUT2D eigenvalue weighted by Gasteiger charge is -2.28. The van der Waals surface area contributed by atoms with Crippen molar-refractivity contribution < 1.29 is 13.9 Å². The van der Waals surface area contributed by atoms with Gasteiger partial charge < -0.3 is 10.4 Å². The molecule has 1 atom stereocenters. The minimum atomic E-state index is -0.976. The number of hydrogen-bond acceptors (Lipinski definition) is 2. The van der Waals surface area contributed by atoms with E-state index in [-0.39, 0.29) is 22.6 Å². The molecule has 0 aliphatic carbocycles. The Morgan fingerprint density at radius 1 is 1.35 bits per heavy atom. The summed E-state index contributed by atoms with van der Waals surface area (Å²) < 4.78 is 26.8. The van der Waals surface area contributed by atoms with Crippen LogP contribution >= 0.6 is 15.9 Å². The van der Waals surface area contributed by atoms with Gasteiger partial charge in [0.25, 0.3) is 0 Å². The molecule has 0 radical (unpaired) electrons. The van der Waals surface area contributed by atoms with Crippen molar-refractivity contribution in [2.75, 3.05) is 11.9 Å². The molecule has 1 aromatic carbocycles. The molecule has 1 unspecified atom stereocenters. The lowest BCUT2D eigenvalue weighted by Crippen LogP contribution is -2.38. The van der Waals surface area contributed by atoms with Gasteiger partial charge in [-0.1, -0.05) is 13.8 Å². The van der Waals surface area contributed by atoms with Crippen LogP contribution in [0.4, 0.5) is 14.5 Å². The molecule has 0 saturated carbocycles. The topological polar surface area (TPSA) is 32.3 Å². The van der Waals surface area contributed by atoms with Crippen molar-refractivity contribution in [2.24, 2.45) is 5.92 Å². The highest BCUT2D eigenvalue weighted by molar-refractivity contribution is 9.10. The maximum absolute atomic E-state index is 13.5. The molecule has 0 saturated heterocycles. The molecular weight excluding hydrogens is 292 g/mol. The summed E-state index contributed by atoms with van der Waals surface area (Å²) in [7, 11) is 0. The van der Waals surface area contributed by atoms with Crippen LogP contribution in [0.1, 0.15) is 20.8 Å². The van der Waals surface area contributed by atoms with Crippen molar-refractivity contribution in [1.82, 2.24) is 0 Å². The first-order valence-electron chi connectivity index (χ1n) is 5.35. The van der Waals surface area contributed by atoms with E-state index in [0.717, 1.165) is 12.1 Å². The van der Waals surface area contributed by atoms with Crippen molar-refractivity contribution in [3.8, 4) is 0 Å². The number of hydrogen-bond donors (Lipinski definition) is 2. The van der Waals surface area contributed by atoms with Crippen molar-refractivity contribution in [2.45, 2.75) is 26.4 Å². The van der Waals surface area contributed by atoms with E-state index < -0.39 is 17.2 Å². The fourth-order valence-electron chi connectivity index (χ4n) is 1.14. The van der Waals surface area contributed by atoms with E-state index in [9.17, 15) is 13.9 Å². The third kappa shape index (κ3) is 3.64. The second-order valence-electron chi connectivity index (χ2n) is 4.61. The molecule has 1 aromatic rings. The second kappa shape index (κ2) is 5.31. The van der Waals surface area contributed by atoms with Crippen LogP contribution < -0.4 is 5.32 Å². The molecule has 2 N–H and O–H groups in total. The van der Waals surface area contributed by atoms with Crippen molar-refractivity contribution >= 4 is 21.6 Å². The monoisotopic (exact) mass is 307 g/mol. The smallest absolute Gasteiger partial charge is 0.147 e. The van der Waals surface area contributed by atoms with Crippen LogP contribution in [0.5, 0.6) is 0 Å². The zero-order valence-corrected chi connectivity index (χ0v) is 11.6. The third-order valence-electron chi connectivity index (χ3n) is 2.89. The molecule has 0 spiro atoms. The van der Waals surface area contributed by atoms with E-state index >= 15 is 0 Å². The van der Waals surface area contributed by atoms with Crippen LogP contribution in [0.2, 0.25) is 0 Å². The summed E-state index contributed by atoms with van der Waals surface area (Å²) in [5.41, 5.74) is -0.928. The Hall–Kier alpha value is -0.680. The summed E-state index contributed by atoms with van der Waals surface area (Å²) in [5, 5.41) is 12.7. The van der Waals surface area contributed by atoms with Crippen LogP contribution in [0.25, 0.3) is 0 Å². The molecule has 0 amide bonds. The molecule has 17 heavy (non-hydrogen) atoms. The predicted molar refractivity (Wildman–Crippen MR) is 68.0 cm³/mol. The van der Waals surface area contributed by atoms with E-state index in [1.807, 2.05) is 13.8 Å². The van der Waals surface area contributed by atoms with Gasteiger partial charge in [-0.05, 0) is 34.8 Å². The summed E-state index contributed by atoms with van der Waals surface area (Å²) in [5.74, 6) is -1.09. The SMILES string of the molecule is CC(C)C(C)(O)CNc1cc(F)c(Br)cc1F. The standard InChI is InChI=1S/C12H16BrF2NO/c1-7(2)12(3,17)6-16-11-5-9(14)8(13)4-10(11)15/h4-5,7,16-17H,6H2,1-3H3. The van der Waals surface area contributed by atoms with Crippen molar-refractivity contribution in [1.29, 1.82) is 0 Å². The first kappa shape index (κ1) is 14.4. The number of anilines is 1. The van der Waals surface area contributed by atoms with Crippen LogP contribution in [-0.4, -0.2) is 17.3 Å². The Bertz CT molecular complexity index is 408. The fourth-order valence-corrected chi connectivity index (χ4v) is 1.45. The van der Waals surface area contributed by atoms with Gasteiger partial charge in [0.15, 0.2) is 0 Å². The highest BCUT2D eigenvalue weighted by Gasteiger charge is 2.25. The molecule has 0 aliphatic heterocycles. The largest absolute Gasteiger partial charge is 0.388 e. The lowest BCUT2D eigenvalue weighted by atomic mass is 9.92. The average molecular weight is 308 g/mol. The quantitative estimate of drug-likeness (QED) is 0.834. The summed E-state index contributed by atoms with van der Waals surface area (Å²) >= 11 is 2.90. The number of nitrogens with one attached hydrogen (secondary N) is 1. The first-order chi connectivity index (χ1) is 7.74. The summed E-state index contributed by atoms with van der Waals surface area (Å²) in [6, 6.07) is 2.12. The van der Waals surface area contributed by atoms with Gasteiger partial charge in [0.2, 0.25) is 0 Å². The van der Waals surface area contributed by atoms with Crippen molar-refractivity contribution in [3.05, 3.63) is 28.2 Å². The zero-order valence-electron chi connectivity index (χ0n) is 10.0. The molecule has 96 valence electrons. The molecule has 0 bridgehead atoms. The molecule has 5 heteroatoms. The number of rotatable bonds is 4. The first-order valence-corrected chi connectivity index (χ1v) is 6.14. The van der Waals surface area contributed by atoms with Crippen LogP contribution in [0, 0.1) is 17.6 Å². The number of aliphatic hydroxyl groups is 1. The fraction of sp³-hybridized carbons (Fsp3) is 0.500. The van der Waals surface area contributed by atoms with E-state index in [1.165, 1.54) is 0 Å². The van der Waals surface area contributed by atoms with Gasteiger partial charge in [-0.15, -0.1) is 0 Å². The van der Waals surface area contributed by atoms with Gasteiger partial charge in [-0.25, -0.2) is 8.78 Å². The maximum Gasteiger partial charge on any atom is 0.147 e. The minimum Gasteiger partial charge on any atom is -0.388 e. The van der Waals surface area contributed by atoms with Gasteiger partial charge in [-0.3, -0.25) is 0 Å². The van der Waals surface area contributed by atoms with E-state index in [2.05, 4.69) is 21.2 Å². The molecular formula is C12H16BrF2NO. The second-order valence-corrected chi connectivity index (χ2v) is 5.47. The summed E-state index contributed by atoms with van der Waals surface area (Å²) in [6.45, 7) is 5.53. The average Bonchev–Trinajstić information content (AvgIpc) is 2.21. The van der Waals surface area contributed by atoms with Gasteiger partial charge in [-0.2, -0.15) is 0 Å². The summed E-state index contributed by atoms with van der Waals surface area (Å²) in [4.78, 5) is 0. The van der Waals surface area contributed by atoms with E-state index in [1.54, 1.807) is 6.92 Å². The Morgan fingerprint density at radius 3 is 2.47 bits per heavy atom. The van der Waals surface area contributed by atoms with E-state index in [0.29, 0.717) is 0 Å². The Balaban J connectivity index is 2.80. The van der Waals surface area contributed by atoms with Crippen LogP contribution in [0.3, 0.4) is 0 Å². The molecule has 2 nitrogen and oxygen atoms in total. The molecule has 1 rings (SSSR count). The van der Waals surface area contributed by atoms with Gasteiger partial charge >= 0.3 is 0 Å². The Morgan fingerprint density at radius 2 is 1.94 bits per heavy atom. The van der Waals surface area contributed by atoms with Crippen molar-refractivity contribution in [3.63, 3.8) is 0 Å². The van der Waals surface area contributed by atoms with Gasteiger partial charge in [0.05, 0.1) is 15.8 Å². The number of benzene rings is 1. The highest BCUT2D eigenvalue weighted by atomic mass is 79.9. The number of halogens is 3. The lowest BCUT2D eigenvalue weighted by molar-refractivity contribution is 0.0266. The normalized spacial score (nSPS) is 14.8.